The Morgan fingerprint density at radius 2 is 1.81 bits per heavy atom. The maximum Gasteiger partial charge on any atom is 0.133 e. The highest BCUT2D eigenvalue weighted by atomic mass is 16.5. The Labute approximate surface area is 126 Å². The Balaban J connectivity index is 2.39. The standard InChI is InChI=1S/C17H23N3O/c1-4-7-15-16(19-12-20-17(15)18-5-2)13-8-10-14(11-9-13)21-6-3/h8-12H,4-7H2,1-3H3,(H,18,19,20). The first-order valence-electron chi connectivity index (χ1n) is 7.61. The summed E-state index contributed by atoms with van der Waals surface area (Å²) in [6, 6.07) is 8.09. The summed E-state index contributed by atoms with van der Waals surface area (Å²) < 4.78 is 5.49. The smallest absolute Gasteiger partial charge is 0.133 e. The molecule has 0 unspecified atom stereocenters. The fourth-order valence-corrected chi connectivity index (χ4v) is 2.34. The van der Waals surface area contributed by atoms with E-state index in [4.69, 9.17) is 4.74 Å². The number of anilines is 1. The molecular weight excluding hydrogens is 262 g/mol. The number of hydrogen-bond acceptors (Lipinski definition) is 4. The lowest BCUT2D eigenvalue weighted by Crippen LogP contribution is -2.06. The first-order chi connectivity index (χ1) is 10.3. The van der Waals surface area contributed by atoms with E-state index in [0.29, 0.717) is 6.61 Å². The van der Waals surface area contributed by atoms with E-state index >= 15 is 0 Å². The van der Waals surface area contributed by atoms with Crippen LogP contribution in [0.25, 0.3) is 11.3 Å². The Hall–Kier alpha value is -2.10. The molecule has 0 bridgehead atoms. The predicted molar refractivity (Wildman–Crippen MR) is 86.8 cm³/mol. The quantitative estimate of drug-likeness (QED) is 0.837. The molecule has 4 nitrogen and oxygen atoms in total. The van der Waals surface area contributed by atoms with Crippen molar-refractivity contribution in [2.75, 3.05) is 18.5 Å². The molecule has 2 rings (SSSR count). The highest BCUT2D eigenvalue weighted by Crippen LogP contribution is 2.28. The first kappa shape index (κ1) is 15.3. The van der Waals surface area contributed by atoms with E-state index in [2.05, 4.69) is 41.3 Å². The number of nitrogens with one attached hydrogen (secondary N) is 1. The third kappa shape index (κ3) is 3.72. The highest BCUT2D eigenvalue weighted by Gasteiger charge is 2.12. The second-order valence-corrected chi connectivity index (χ2v) is 4.79. The van der Waals surface area contributed by atoms with E-state index in [0.717, 1.165) is 42.2 Å². The van der Waals surface area contributed by atoms with Crippen LogP contribution >= 0.6 is 0 Å². The minimum Gasteiger partial charge on any atom is -0.494 e. The molecule has 4 heteroatoms. The summed E-state index contributed by atoms with van der Waals surface area (Å²) in [6.07, 6.45) is 3.66. The summed E-state index contributed by atoms with van der Waals surface area (Å²) in [7, 11) is 0. The molecule has 0 aliphatic rings. The molecule has 0 aliphatic heterocycles. The number of aromatic nitrogens is 2. The lowest BCUT2D eigenvalue weighted by Gasteiger charge is -2.13. The fourth-order valence-electron chi connectivity index (χ4n) is 2.34. The average molecular weight is 285 g/mol. The number of hydrogen-bond donors (Lipinski definition) is 1. The van der Waals surface area contributed by atoms with E-state index in [-0.39, 0.29) is 0 Å². The zero-order chi connectivity index (χ0) is 15.1. The van der Waals surface area contributed by atoms with Crippen molar-refractivity contribution < 1.29 is 4.74 Å². The number of ether oxygens (including phenoxy) is 1. The summed E-state index contributed by atoms with van der Waals surface area (Å²) >= 11 is 0. The van der Waals surface area contributed by atoms with E-state index in [1.165, 1.54) is 5.56 Å². The first-order valence-corrected chi connectivity index (χ1v) is 7.61. The largest absolute Gasteiger partial charge is 0.494 e. The summed E-state index contributed by atoms with van der Waals surface area (Å²) in [4.78, 5) is 8.87. The van der Waals surface area contributed by atoms with E-state index in [1.54, 1.807) is 6.33 Å². The topological polar surface area (TPSA) is 47.0 Å². The van der Waals surface area contributed by atoms with E-state index < -0.39 is 0 Å². The van der Waals surface area contributed by atoms with E-state index in [9.17, 15) is 0 Å². The molecule has 0 atom stereocenters. The van der Waals surface area contributed by atoms with Crippen LogP contribution in [-0.4, -0.2) is 23.1 Å². The van der Waals surface area contributed by atoms with Crippen LogP contribution in [0.5, 0.6) is 5.75 Å². The molecule has 0 saturated carbocycles. The van der Waals surface area contributed by atoms with Crippen molar-refractivity contribution in [3.63, 3.8) is 0 Å². The normalized spacial score (nSPS) is 10.4. The van der Waals surface area contributed by atoms with Gasteiger partial charge in [0.05, 0.1) is 12.3 Å². The molecule has 0 amide bonds. The van der Waals surface area contributed by atoms with Gasteiger partial charge in [-0.25, -0.2) is 9.97 Å². The van der Waals surface area contributed by atoms with Gasteiger partial charge in [-0.1, -0.05) is 13.3 Å². The minimum absolute atomic E-state index is 0.679. The van der Waals surface area contributed by atoms with Gasteiger partial charge in [0.15, 0.2) is 0 Å². The summed E-state index contributed by atoms with van der Waals surface area (Å²) in [6.45, 7) is 7.77. The van der Waals surface area contributed by atoms with Gasteiger partial charge >= 0.3 is 0 Å². The maximum atomic E-state index is 5.49. The van der Waals surface area contributed by atoms with Crippen LogP contribution in [0.15, 0.2) is 30.6 Å². The third-order valence-electron chi connectivity index (χ3n) is 3.23. The molecular formula is C17H23N3O. The van der Waals surface area contributed by atoms with Crippen LogP contribution in [0.2, 0.25) is 0 Å². The molecule has 0 aliphatic carbocycles. The second-order valence-electron chi connectivity index (χ2n) is 4.79. The molecule has 1 N–H and O–H groups in total. The van der Waals surface area contributed by atoms with Gasteiger partial charge < -0.3 is 10.1 Å². The average Bonchev–Trinajstić information content (AvgIpc) is 2.51. The van der Waals surface area contributed by atoms with Gasteiger partial charge in [0.25, 0.3) is 0 Å². The molecule has 1 aromatic heterocycles. The van der Waals surface area contributed by atoms with Gasteiger partial charge in [0.2, 0.25) is 0 Å². The highest BCUT2D eigenvalue weighted by molar-refractivity contribution is 5.68. The number of benzene rings is 1. The maximum absolute atomic E-state index is 5.49. The summed E-state index contributed by atoms with van der Waals surface area (Å²) in [5.74, 6) is 1.83. The van der Waals surface area contributed by atoms with Crippen LogP contribution < -0.4 is 10.1 Å². The van der Waals surface area contributed by atoms with Crippen molar-refractivity contribution in [3.8, 4) is 17.0 Å². The van der Waals surface area contributed by atoms with Gasteiger partial charge in [-0.3, -0.25) is 0 Å². The third-order valence-corrected chi connectivity index (χ3v) is 3.23. The van der Waals surface area contributed by atoms with Crippen LogP contribution in [-0.2, 0) is 6.42 Å². The Bertz CT molecular complexity index is 567. The van der Waals surface area contributed by atoms with Crippen LogP contribution in [0.3, 0.4) is 0 Å². The molecule has 1 heterocycles. The Morgan fingerprint density at radius 1 is 1.05 bits per heavy atom. The van der Waals surface area contributed by atoms with Crippen molar-refractivity contribution in [1.82, 2.24) is 9.97 Å². The van der Waals surface area contributed by atoms with Crippen molar-refractivity contribution >= 4 is 5.82 Å². The summed E-state index contributed by atoms with van der Waals surface area (Å²) in [5, 5.41) is 3.33. The fraction of sp³-hybridized carbons (Fsp3) is 0.412. The molecule has 0 radical (unpaired) electrons. The SMILES string of the molecule is CCCc1c(NCC)ncnc1-c1ccc(OCC)cc1. The van der Waals surface area contributed by atoms with Gasteiger partial charge in [-0.15, -0.1) is 0 Å². The van der Waals surface area contributed by atoms with Crippen LogP contribution in [0.4, 0.5) is 5.82 Å². The molecule has 112 valence electrons. The monoisotopic (exact) mass is 285 g/mol. The molecule has 2 aromatic rings. The van der Waals surface area contributed by atoms with Crippen LogP contribution in [0.1, 0.15) is 32.8 Å². The van der Waals surface area contributed by atoms with E-state index in [1.807, 2.05) is 19.1 Å². The molecule has 0 saturated heterocycles. The zero-order valence-electron chi connectivity index (χ0n) is 13.0. The molecule has 21 heavy (non-hydrogen) atoms. The number of rotatable bonds is 7. The van der Waals surface area contributed by atoms with Gasteiger partial charge in [-0.2, -0.15) is 0 Å². The van der Waals surface area contributed by atoms with Gasteiger partial charge in [0.1, 0.15) is 17.9 Å². The lowest BCUT2D eigenvalue weighted by atomic mass is 10.0. The van der Waals surface area contributed by atoms with Gasteiger partial charge in [0, 0.05) is 17.7 Å². The predicted octanol–water partition coefficient (Wildman–Crippen LogP) is 3.93. The Kier molecular flexibility index (Phi) is 5.55. The van der Waals surface area contributed by atoms with Crippen LogP contribution in [0, 0.1) is 0 Å². The Morgan fingerprint density at radius 3 is 2.43 bits per heavy atom. The van der Waals surface area contributed by atoms with Crippen molar-refractivity contribution in [2.24, 2.45) is 0 Å². The minimum atomic E-state index is 0.679. The molecule has 1 aromatic carbocycles. The van der Waals surface area contributed by atoms with Gasteiger partial charge in [-0.05, 0) is 44.5 Å². The molecule has 0 fully saturated rings. The van der Waals surface area contributed by atoms with Crippen molar-refractivity contribution in [1.29, 1.82) is 0 Å². The molecule has 0 spiro atoms. The van der Waals surface area contributed by atoms with Crippen molar-refractivity contribution in [2.45, 2.75) is 33.6 Å². The lowest BCUT2D eigenvalue weighted by molar-refractivity contribution is 0.340. The van der Waals surface area contributed by atoms with Crippen molar-refractivity contribution in [3.05, 3.63) is 36.2 Å². The zero-order valence-corrected chi connectivity index (χ0v) is 13.0. The number of nitrogens with zero attached hydrogens (tertiary/aromatic N) is 2. The summed E-state index contributed by atoms with van der Waals surface area (Å²) in [5.41, 5.74) is 3.29. The second kappa shape index (κ2) is 7.62.